The SMILES string of the molecule is O=C(O)c1ccc(NCc2c(F)c(F)c(F)c(F)c2F)cc1. The molecule has 0 aliphatic carbocycles. The summed E-state index contributed by atoms with van der Waals surface area (Å²) in [6.45, 7) is -0.655. The van der Waals surface area contributed by atoms with E-state index in [1.165, 1.54) is 24.3 Å². The Labute approximate surface area is 121 Å². The number of nitrogens with one attached hydrogen (secondary N) is 1. The molecule has 0 saturated heterocycles. The maximum absolute atomic E-state index is 13.4. The summed E-state index contributed by atoms with van der Waals surface area (Å²) in [7, 11) is 0. The molecule has 0 spiro atoms. The Hall–Kier alpha value is -2.64. The van der Waals surface area contributed by atoms with Crippen LogP contribution in [0.2, 0.25) is 0 Å². The Kier molecular flexibility index (Phi) is 4.30. The van der Waals surface area contributed by atoms with E-state index in [1.54, 1.807) is 0 Å². The first-order valence-corrected chi connectivity index (χ1v) is 5.90. The summed E-state index contributed by atoms with van der Waals surface area (Å²) in [5.74, 6) is -11.2. The van der Waals surface area contributed by atoms with Gasteiger partial charge in [0.2, 0.25) is 5.82 Å². The molecule has 0 atom stereocenters. The van der Waals surface area contributed by atoms with Crippen molar-refractivity contribution < 1.29 is 31.9 Å². The lowest BCUT2D eigenvalue weighted by atomic mass is 10.1. The van der Waals surface area contributed by atoms with Gasteiger partial charge in [-0.3, -0.25) is 0 Å². The fourth-order valence-electron chi connectivity index (χ4n) is 1.73. The van der Waals surface area contributed by atoms with E-state index in [-0.39, 0.29) is 11.3 Å². The Morgan fingerprint density at radius 2 is 1.32 bits per heavy atom. The molecule has 0 amide bonds. The first-order valence-electron chi connectivity index (χ1n) is 5.90. The van der Waals surface area contributed by atoms with Gasteiger partial charge >= 0.3 is 5.97 Å². The topological polar surface area (TPSA) is 49.3 Å². The van der Waals surface area contributed by atoms with E-state index in [0.717, 1.165) is 0 Å². The smallest absolute Gasteiger partial charge is 0.335 e. The molecule has 0 aromatic heterocycles. The van der Waals surface area contributed by atoms with Gasteiger partial charge in [0, 0.05) is 17.8 Å². The highest BCUT2D eigenvalue weighted by molar-refractivity contribution is 5.87. The Balaban J connectivity index is 2.23. The number of halogens is 5. The normalized spacial score (nSPS) is 10.6. The summed E-state index contributed by atoms with van der Waals surface area (Å²) in [5, 5.41) is 11.2. The van der Waals surface area contributed by atoms with Crippen LogP contribution in [0.5, 0.6) is 0 Å². The molecule has 0 aliphatic rings. The molecule has 22 heavy (non-hydrogen) atoms. The molecule has 0 fully saturated rings. The van der Waals surface area contributed by atoms with Crippen molar-refractivity contribution in [2.45, 2.75) is 6.54 Å². The number of carboxylic acids is 1. The summed E-state index contributed by atoms with van der Waals surface area (Å²) < 4.78 is 65.8. The van der Waals surface area contributed by atoms with Crippen molar-refractivity contribution in [3.05, 3.63) is 64.5 Å². The van der Waals surface area contributed by atoms with Crippen molar-refractivity contribution in [2.75, 3.05) is 5.32 Å². The second-order valence-corrected chi connectivity index (χ2v) is 4.28. The number of hydrogen-bond acceptors (Lipinski definition) is 2. The molecule has 0 heterocycles. The van der Waals surface area contributed by atoms with Gasteiger partial charge in [0.1, 0.15) is 0 Å². The van der Waals surface area contributed by atoms with Gasteiger partial charge in [-0.25, -0.2) is 26.7 Å². The third kappa shape index (κ3) is 2.85. The van der Waals surface area contributed by atoms with Crippen LogP contribution in [-0.4, -0.2) is 11.1 Å². The highest BCUT2D eigenvalue weighted by Crippen LogP contribution is 2.24. The average Bonchev–Trinajstić information content (AvgIpc) is 2.51. The van der Waals surface area contributed by atoms with Gasteiger partial charge in [0.25, 0.3) is 0 Å². The summed E-state index contributed by atoms with van der Waals surface area (Å²) in [5.41, 5.74) is -0.755. The van der Waals surface area contributed by atoms with E-state index in [4.69, 9.17) is 5.11 Å². The Morgan fingerprint density at radius 3 is 1.77 bits per heavy atom. The monoisotopic (exact) mass is 317 g/mol. The highest BCUT2D eigenvalue weighted by Gasteiger charge is 2.25. The van der Waals surface area contributed by atoms with Crippen LogP contribution in [0.15, 0.2) is 24.3 Å². The highest BCUT2D eigenvalue weighted by atomic mass is 19.2. The minimum atomic E-state index is -2.22. The molecule has 3 nitrogen and oxygen atoms in total. The van der Waals surface area contributed by atoms with Crippen LogP contribution < -0.4 is 5.32 Å². The zero-order valence-corrected chi connectivity index (χ0v) is 10.8. The van der Waals surface area contributed by atoms with Gasteiger partial charge in [-0.05, 0) is 24.3 Å². The van der Waals surface area contributed by atoms with E-state index < -0.39 is 47.2 Å². The second-order valence-electron chi connectivity index (χ2n) is 4.28. The number of anilines is 1. The predicted molar refractivity (Wildman–Crippen MR) is 67.0 cm³/mol. The summed E-state index contributed by atoms with van der Waals surface area (Å²) in [6, 6.07) is 5.05. The second kappa shape index (κ2) is 6.00. The van der Waals surface area contributed by atoms with Crippen LogP contribution >= 0.6 is 0 Å². The van der Waals surface area contributed by atoms with Crippen LogP contribution in [-0.2, 0) is 6.54 Å². The molecule has 2 N–H and O–H groups in total. The van der Waals surface area contributed by atoms with Crippen molar-refractivity contribution in [3.8, 4) is 0 Å². The first kappa shape index (κ1) is 15.7. The standard InChI is InChI=1S/C14H8F5NO2/c15-9-8(10(16)12(18)13(19)11(9)17)5-20-7-3-1-6(2-4-7)14(21)22/h1-4,20H,5H2,(H,21,22). The fourth-order valence-corrected chi connectivity index (χ4v) is 1.73. The molecule has 0 saturated carbocycles. The van der Waals surface area contributed by atoms with Gasteiger partial charge in [0.15, 0.2) is 23.3 Å². The Morgan fingerprint density at radius 1 is 0.864 bits per heavy atom. The maximum atomic E-state index is 13.4. The van der Waals surface area contributed by atoms with E-state index in [2.05, 4.69) is 5.32 Å². The van der Waals surface area contributed by atoms with Crippen molar-refractivity contribution in [2.24, 2.45) is 0 Å². The van der Waals surface area contributed by atoms with Crippen molar-refractivity contribution in [1.82, 2.24) is 0 Å². The predicted octanol–water partition coefficient (Wildman–Crippen LogP) is 3.69. The zero-order valence-electron chi connectivity index (χ0n) is 10.8. The molecule has 0 aliphatic heterocycles. The number of rotatable bonds is 4. The zero-order chi connectivity index (χ0) is 16.4. The lowest BCUT2D eigenvalue weighted by molar-refractivity contribution is 0.0697. The van der Waals surface area contributed by atoms with Gasteiger partial charge in [-0.2, -0.15) is 0 Å². The molecule has 2 rings (SSSR count). The number of carbonyl (C=O) groups is 1. The number of benzene rings is 2. The van der Waals surface area contributed by atoms with E-state index in [0.29, 0.717) is 0 Å². The minimum absolute atomic E-state index is 0.0122. The molecule has 116 valence electrons. The van der Waals surface area contributed by atoms with Crippen LogP contribution in [0.1, 0.15) is 15.9 Å². The lowest BCUT2D eigenvalue weighted by Gasteiger charge is -2.10. The molecule has 0 unspecified atom stereocenters. The average molecular weight is 317 g/mol. The lowest BCUT2D eigenvalue weighted by Crippen LogP contribution is -2.11. The summed E-state index contributed by atoms with van der Waals surface area (Å²) in [4.78, 5) is 10.6. The number of hydrogen-bond donors (Lipinski definition) is 2. The third-order valence-corrected chi connectivity index (χ3v) is 2.90. The number of aromatic carboxylic acids is 1. The number of carboxylic acid groups (broad SMARTS) is 1. The third-order valence-electron chi connectivity index (χ3n) is 2.90. The summed E-state index contributed by atoms with van der Waals surface area (Å²) >= 11 is 0. The van der Waals surface area contributed by atoms with Gasteiger partial charge < -0.3 is 10.4 Å². The van der Waals surface area contributed by atoms with Crippen LogP contribution in [0.4, 0.5) is 27.6 Å². The molecular formula is C14H8F5NO2. The molecule has 2 aromatic carbocycles. The largest absolute Gasteiger partial charge is 0.478 e. The van der Waals surface area contributed by atoms with Crippen LogP contribution in [0.3, 0.4) is 0 Å². The first-order chi connectivity index (χ1) is 10.3. The molecule has 0 radical (unpaired) electrons. The van der Waals surface area contributed by atoms with E-state index >= 15 is 0 Å². The Bertz CT molecular complexity index is 702. The molecule has 0 bridgehead atoms. The van der Waals surface area contributed by atoms with Crippen molar-refractivity contribution in [3.63, 3.8) is 0 Å². The minimum Gasteiger partial charge on any atom is -0.478 e. The van der Waals surface area contributed by atoms with E-state index in [1.807, 2.05) is 0 Å². The van der Waals surface area contributed by atoms with Crippen molar-refractivity contribution in [1.29, 1.82) is 0 Å². The quantitative estimate of drug-likeness (QED) is 0.514. The summed E-state index contributed by atoms with van der Waals surface area (Å²) in [6.07, 6.45) is 0. The van der Waals surface area contributed by atoms with Gasteiger partial charge in [-0.1, -0.05) is 0 Å². The molecule has 2 aromatic rings. The molecular weight excluding hydrogens is 309 g/mol. The fraction of sp³-hybridized carbons (Fsp3) is 0.0714. The van der Waals surface area contributed by atoms with E-state index in [9.17, 15) is 26.7 Å². The van der Waals surface area contributed by atoms with Gasteiger partial charge in [0.05, 0.1) is 5.56 Å². The van der Waals surface area contributed by atoms with Crippen LogP contribution in [0.25, 0.3) is 0 Å². The van der Waals surface area contributed by atoms with Crippen molar-refractivity contribution >= 4 is 11.7 Å². The maximum Gasteiger partial charge on any atom is 0.335 e. The van der Waals surface area contributed by atoms with Gasteiger partial charge in [-0.15, -0.1) is 0 Å². The van der Waals surface area contributed by atoms with Crippen LogP contribution in [0, 0.1) is 29.1 Å². The molecule has 8 heteroatoms.